The van der Waals surface area contributed by atoms with Crippen LogP contribution in [0.5, 0.6) is 0 Å². The van der Waals surface area contributed by atoms with E-state index in [2.05, 4.69) is 32.9 Å². The lowest BCUT2D eigenvalue weighted by molar-refractivity contribution is 0.423. The predicted octanol–water partition coefficient (Wildman–Crippen LogP) is 2.61. The highest BCUT2D eigenvalue weighted by Gasteiger charge is 2.21. The highest BCUT2D eigenvalue weighted by Crippen LogP contribution is 2.33. The van der Waals surface area contributed by atoms with Crippen molar-refractivity contribution in [1.29, 1.82) is 0 Å². The lowest BCUT2D eigenvalue weighted by Gasteiger charge is -2.14. The van der Waals surface area contributed by atoms with Crippen LogP contribution >= 0.6 is 0 Å². The van der Waals surface area contributed by atoms with Crippen molar-refractivity contribution in [3.63, 3.8) is 0 Å². The van der Waals surface area contributed by atoms with E-state index < -0.39 is 0 Å². The maximum atomic E-state index is 2.32. The molecule has 8 heavy (non-hydrogen) atoms. The fourth-order valence-electron chi connectivity index (χ4n) is 1.39. The molecule has 0 aromatic rings. The van der Waals surface area contributed by atoms with Gasteiger partial charge in [-0.25, -0.2) is 0 Å². The smallest absolute Gasteiger partial charge is 0.0169 e. The van der Waals surface area contributed by atoms with Crippen molar-refractivity contribution in [3.05, 3.63) is 12.2 Å². The van der Waals surface area contributed by atoms with Crippen LogP contribution in [0.25, 0.3) is 0 Å². The molecule has 1 rings (SSSR count). The monoisotopic (exact) mass is 110 g/mol. The molecule has 0 nitrogen and oxygen atoms in total. The van der Waals surface area contributed by atoms with Gasteiger partial charge >= 0.3 is 0 Å². The molecule has 0 aliphatic heterocycles. The molecule has 0 aromatic heterocycles. The summed E-state index contributed by atoms with van der Waals surface area (Å²) >= 11 is 0. The van der Waals surface area contributed by atoms with E-state index in [9.17, 15) is 0 Å². The average Bonchev–Trinajstić information content (AvgIpc) is 1.82. The topological polar surface area (TPSA) is 0 Å². The van der Waals surface area contributed by atoms with Crippen molar-refractivity contribution >= 4 is 0 Å². The SMILES string of the molecule is C[C@H]1C=CC(C)(C)C1. The van der Waals surface area contributed by atoms with Gasteiger partial charge in [0, 0.05) is 0 Å². The van der Waals surface area contributed by atoms with Crippen LogP contribution in [0.15, 0.2) is 12.2 Å². The van der Waals surface area contributed by atoms with Gasteiger partial charge in [-0.2, -0.15) is 0 Å². The van der Waals surface area contributed by atoms with Crippen molar-refractivity contribution in [3.8, 4) is 0 Å². The van der Waals surface area contributed by atoms with Gasteiger partial charge in [0.2, 0.25) is 0 Å². The quantitative estimate of drug-likeness (QED) is 0.420. The Labute approximate surface area is 51.6 Å². The van der Waals surface area contributed by atoms with E-state index in [1.54, 1.807) is 0 Å². The van der Waals surface area contributed by atoms with Crippen LogP contribution < -0.4 is 0 Å². The van der Waals surface area contributed by atoms with E-state index in [0.29, 0.717) is 5.41 Å². The van der Waals surface area contributed by atoms with Gasteiger partial charge in [0.25, 0.3) is 0 Å². The summed E-state index contributed by atoms with van der Waals surface area (Å²) in [4.78, 5) is 0. The second kappa shape index (κ2) is 1.61. The molecule has 0 aromatic carbocycles. The van der Waals surface area contributed by atoms with Gasteiger partial charge in [0.05, 0.1) is 0 Å². The van der Waals surface area contributed by atoms with Crippen molar-refractivity contribution in [1.82, 2.24) is 0 Å². The molecule has 0 fully saturated rings. The molecular formula is C8H14. The first-order chi connectivity index (χ1) is 3.60. The minimum Gasteiger partial charge on any atom is -0.0851 e. The van der Waals surface area contributed by atoms with Crippen LogP contribution in [0.4, 0.5) is 0 Å². The Morgan fingerprint density at radius 1 is 1.50 bits per heavy atom. The van der Waals surface area contributed by atoms with Gasteiger partial charge < -0.3 is 0 Å². The Hall–Kier alpha value is -0.260. The molecule has 0 unspecified atom stereocenters. The van der Waals surface area contributed by atoms with Crippen LogP contribution in [0.2, 0.25) is 0 Å². The summed E-state index contributed by atoms with van der Waals surface area (Å²) in [5.74, 6) is 0.810. The summed E-state index contributed by atoms with van der Waals surface area (Å²) in [5, 5.41) is 0. The summed E-state index contributed by atoms with van der Waals surface area (Å²) in [5.41, 5.74) is 0.486. The average molecular weight is 110 g/mol. The van der Waals surface area contributed by atoms with Crippen molar-refractivity contribution in [2.24, 2.45) is 11.3 Å². The van der Waals surface area contributed by atoms with Crippen molar-refractivity contribution < 1.29 is 0 Å². The number of hydrogen-bond acceptors (Lipinski definition) is 0. The minimum atomic E-state index is 0.486. The van der Waals surface area contributed by atoms with Crippen molar-refractivity contribution in [2.75, 3.05) is 0 Å². The van der Waals surface area contributed by atoms with Gasteiger partial charge in [0.15, 0.2) is 0 Å². The third-order valence-electron chi connectivity index (χ3n) is 1.72. The first kappa shape index (κ1) is 5.87. The highest BCUT2D eigenvalue weighted by molar-refractivity contribution is 5.05. The van der Waals surface area contributed by atoms with Crippen LogP contribution in [-0.4, -0.2) is 0 Å². The van der Waals surface area contributed by atoms with E-state index in [1.165, 1.54) is 6.42 Å². The van der Waals surface area contributed by atoms with Crippen LogP contribution in [-0.2, 0) is 0 Å². The molecule has 0 saturated heterocycles. The molecule has 0 amide bonds. The van der Waals surface area contributed by atoms with E-state index in [-0.39, 0.29) is 0 Å². The van der Waals surface area contributed by atoms with Gasteiger partial charge in [-0.1, -0.05) is 32.9 Å². The van der Waals surface area contributed by atoms with E-state index >= 15 is 0 Å². The summed E-state index contributed by atoms with van der Waals surface area (Å²) in [6.45, 7) is 6.84. The van der Waals surface area contributed by atoms with Crippen molar-refractivity contribution in [2.45, 2.75) is 27.2 Å². The Balaban J connectivity index is 2.58. The predicted molar refractivity (Wildman–Crippen MR) is 36.7 cm³/mol. The zero-order valence-electron chi connectivity index (χ0n) is 5.94. The largest absolute Gasteiger partial charge is 0.0851 e. The molecule has 0 heteroatoms. The zero-order chi connectivity index (χ0) is 6.20. The first-order valence-corrected chi connectivity index (χ1v) is 3.29. The zero-order valence-corrected chi connectivity index (χ0v) is 5.94. The van der Waals surface area contributed by atoms with Gasteiger partial charge in [0.1, 0.15) is 0 Å². The second-order valence-corrected chi connectivity index (χ2v) is 3.53. The fourth-order valence-corrected chi connectivity index (χ4v) is 1.39. The maximum Gasteiger partial charge on any atom is -0.0169 e. The minimum absolute atomic E-state index is 0.486. The first-order valence-electron chi connectivity index (χ1n) is 3.29. The third kappa shape index (κ3) is 1.12. The molecule has 1 aliphatic carbocycles. The molecule has 0 saturated carbocycles. The molecule has 0 N–H and O–H groups in total. The van der Waals surface area contributed by atoms with Crippen LogP contribution in [0.3, 0.4) is 0 Å². The molecule has 0 heterocycles. The Bertz CT molecular complexity index is 109. The molecule has 1 atom stereocenters. The van der Waals surface area contributed by atoms with E-state index in [1.807, 2.05) is 0 Å². The summed E-state index contributed by atoms with van der Waals surface area (Å²) in [6, 6.07) is 0. The summed E-state index contributed by atoms with van der Waals surface area (Å²) < 4.78 is 0. The Morgan fingerprint density at radius 2 is 2.12 bits per heavy atom. The lowest BCUT2D eigenvalue weighted by atomic mass is 9.91. The number of allylic oxidation sites excluding steroid dienone is 2. The maximum absolute atomic E-state index is 2.32. The normalized spacial score (nSPS) is 33.6. The third-order valence-corrected chi connectivity index (χ3v) is 1.72. The lowest BCUT2D eigenvalue weighted by Crippen LogP contribution is -2.03. The fraction of sp³-hybridized carbons (Fsp3) is 0.750. The Kier molecular flexibility index (Phi) is 1.18. The summed E-state index contributed by atoms with van der Waals surface area (Å²) in [7, 11) is 0. The van der Waals surface area contributed by atoms with Crippen LogP contribution in [0, 0.1) is 11.3 Å². The van der Waals surface area contributed by atoms with Gasteiger partial charge in [-0.15, -0.1) is 0 Å². The van der Waals surface area contributed by atoms with E-state index in [0.717, 1.165) is 5.92 Å². The molecule has 0 spiro atoms. The van der Waals surface area contributed by atoms with E-state index in [4.69, 9.17) is 0 Å². The molecule has 0 radical (unpaired) electrons. The molecule has 0 bridgehead atoms. The standard InChI is InChI=1S/C8H14/c1-7-4-5-8(2,3)6-7/h4-5,7H,6H2,1-3H3/t7-/m0/s1. The molecular weight excluding hydrogens is 96.1 g/mol. The van der Waals surface area contributed by atoms with Crippen LogP contribution in [0.1, 0.15) is 27.2 Å². The second-order valence-electron chi connectivity index (χ2n) is 3.53. The number of rotatable bonds is 0. The Morgan fingerprint density at radius 3 is 2.25 bits per heavy atom. The highest BCUT2D eigenvalue weighted by atomic mass is 14.3. The number of hydrogen-bond donors (Lipinski definition) is 0. The summed E-state index contributed by atoms with van der Waals surface area (Å²) in [6.07, 6.45) is 5.95. The molecule has 46 valence electrons. The van der Waals surface area contributed by atoms with Gasteiger partial charge in [-0.05, 0) is 17.8 Å². The van der Waals surface area contributed by atoms with Gasteiger partial charge in [-0.3, -0.25) is 0 Å². The molecule has 1 aliphatic rings.